The Kier molecular flexibility index (Phi) is 7.65. The highest BCUT2D eigenvalue weighted by molar-refractivity contribution is 8.00. The van der Waals surface area contributed by atoms with Crippen molar-refractivity contribution in [2.45, 2.75) is 23.2 Å². The maximum Gasteiger partial charge on any atom is 0.418 e. The van der Waals surface area contributed by atoms with E-state index >= 15 is 0 Å². The molecule has 0 radical (unpaired) electrons. The molecule has 172 valence electrons. The molecule has 0 aliphatic carbocycles. The molecule has 0 bridgehead atoms. The summed E-state index contributed by atoms with van der Waals surface area (Å²) in [5.41, 5.74) is -0.708. The summed E-state index contributed by atoms with van der Waals surface area (Å²) >= 11 is 6.77. The van der Waals surface area contributed by atoms with Crippen molar-refractivity contribution >= 4 is 46.6 Å². The van der Waals surface area contributed by atoms with Gasteiger partial charge in [0.2, 0.25) is 5.91 Å². The molecule has 33 heavy (non-hydrogen) atoms. The zero-order chi connectivity index (χ0) is 24.2. The lowest BCUT2D eigenvalue weighted by Crippen LogP contribution is -2.24. The molecule has 0 heterocycles. The summed E-state index contributed by atoms with van der Waals surface area (Å²) in [4.78, 5) is 25.4. The summed E-state index contributed by atoms with van der Waals surface area (Å²) in [7, 11) is 0. The van der Waals surface area contributed by atoms with E-state index in [0.29, 0.717) is 10.6 Å². The van der Waals surface area contributed by atoms with Gasteiger partial charge in [0, 0.05) is 21.2 Å². The van der Waals surface area contributed by atoms with E-state index in [1.165, 1.54) is 30.3 Å². The zero-order valence-corrected chi connectivity index (χ0v) is 18.6. The predicted octanol–water partition coefficient (Wildman–Crippen LogP) is 6.87. The second kappa shape index (κ2) is 10.3. The maximum atomic E-state index is 13.2. The number of alkyl halides is 3. The fourth-order valence-electron chi connectivity index (χ4n) is 2.80. The first-order valence-corrected chi connectivity index (χ1v) is 10.8. The normalized spacial score (nSPS) is 12.2. The largest absolute Gasteiger partial charge is 0.418 e. The topological polar surface area (TPSA) is 58.2 Å². The van der Waals surface area contributed by atoms with Gasteiger partial charge < -0.3 is 10.6 Å². The minimum atomic E-state index is -4.68. The molecular formula is C23H17ClF4N2O2S. The Hall–Kier alpha value is -3.04. The molecule has 3 rings (SSSR count). The van der Waals surface area contributed by atoms with Crippen LogP contribution in [0.3, 0.4) is 0 Å². The Morgan fingerprint density at radius 1 is 0.970 bits per heavy atom. The second-order valence-electron chi connectivity index (χ2n) is 6.93. The second-order valence-corrected chi connectivity index (χ2v) is 8.78. The SMILES string of the molecule is CC(Sc1cccc(NC(=O)c2ccc(F)cc2)c1)C(=O)Nc1ccc(Cl)cc1C(F)(F)F. The van der Waals surface area contributed by atoms with E-state index in [-0.39, 0.29) is 16.3 Å². The summed E-state index contributed by atoms with van der Waals surface area (Å²) in [5.74, 6) is -1.53. The van der Waals surface area contributed by atoms with Gasteiger partial charge in [0.25, 0.3) is 5.91 Å². The van der Waals surface area contributed by atoms with Gasteiger partial charge in [-0.2, -0.15) is 13.2 Å². The first-order chi connectivity index (χ1) is 15.5. The molecule has 10 heteroatoms. The molecule has 2 N–H and O–H groups in total. The van der Waals surface area contributed by atoms with Crippen LogP contribution in [0.25, 0.3) is 0 Å². The van der Waals surface area contributed by atoms with Crippen LogP contribution in [-0.4, -0.2) is 17.1 Å². The van der Waals surface area contributed by atoms with Crippen molar-refractivity contribution in [3.8, 4) is 0 Å². The number of thioether (sulfide) groups is 1. The number of hydrogen-bond acceptors (Lipinski definition) is 3. The van der Waals surface area contributed by atoms with E-state index in [1.807, 2.05) is 0 Å². The van der Waals surface area contributed by atoms with Crippen molar-refractivity contribution in [1.82, 2.24) is 0 Å². The number of anilines is 2. The van der Waals surface area contributed by atoms with Gasteiger partial charge in [0.1, 0.15) is 5.82 Å². The van der Waals surface area contributed by atoms with Gasteiger partial charge in [-0.25, -0.2) is 4.39 Å². The van der Waals surface area contributed by atoms with Gasteiger partial charge >= 0.3 is 6.18 Å². The molecule has 3 aromatic carbocycles. The van der Waals surface area contributed by atoms with Crippen molar-refractivity contribution in [1.29, 1.82) is 0 Å². The summed E-state index contributed by atoms with van der Waals surface area (Å²) in [6, 6.07) is 14.8. The molecule has 1 unspecified atom stereocenters. The van der Waals surface area contributed by atoms with Crippen molar-refractivity contribution in [2.24, 2.45) is 0 Å². The molecule has 0 saturated carbocycles. The quantitative estimate of drug-likeness (QED) is 0.289. The molecule has 2 amide bonds. The highest BCUT2D eigenvalue weighted by Gasteiger charge is 2.34. The zero-order valence-electron chi connectivity index (χ0n) is 17.0. The van der Waals surface area contributed by atoms with Crippen LogP contribution in [0.1, 0.15) is 22.8 Å². The van der Waals surface area contributed by atoms with E-state index in [9.17, 15) is 27.2 Å². The molecule has 0 aliphatic heterocycles. The molecule has 3 aromatic rings. The van der Waals surface area contributed by atoms with Crippen molar-refractivity contribution < 1.29 is 27.2 Å². The van der Waals surface area contributed by atoms with Crippen LogP contribution < -0.4 is 10.6 Å². The Labute approximate surface area is 196 Å². The average Bonchev–Trinajstić information content (AvgIpc) is 2.75. The minimum Gasteiger partial charge on any atom is -0.325 e. The van der Waals surface area contributed by atoms with E-state index in [2.05, 4.69) is 10.6 Å². The van der Waals surface area contributed by atoms with Gasteiger partial charge in [-0.1, -0.05) is 17.7 Å². The van der Waals surface area contributed by atoms with Crippen molar-refractivity contribution in [2.75, 3.05) is 10.6 Å². The maximum absolute atomic E-state index is 13.2. The standard InChI is InChI=1S/C23H17ClF4N2O2S/c1-13(21(31)30-20-10-7-15(24)11-19(20)23(26,27)28)33-18-4-2-3-17(12-18)29-22(32)14-5-8-16(25)9-6-14/h2-13H,1H3,(H,29,32)(H,30,31). The van der Waals surface area contributed by atoms with Gasteiger partial charge in [0.05, 0.1) is 16.5 Å². The molecule has 0 aromatic heterocycles. The first-order valence-electron chi connectivity index (χ1n) is 9.54. The van der Waals surface area contributed by atoms with Gasteiger partial charge in [-0.05, 0) is 67.6 Å². The molecule has 0 fully saturated rings. The Morgan fingerprint density at radius 2 is 1.67 bits per heavy atom. The number of benzene rings is 3. The van der Waals surface area contributed by atoms with Crippen LogP contribution in [0.4, 0.5) is 28.9 Å². The fourth-order valence-corrected chi connectivity index (χ4v) is 3.90. The lowest BCUT2D eigenvalue weighted by atomic mass is 10.1. The number of amides is 2. The highest BCUT2D eigenvalue weighted by atomic mass is 35.5. The van der Waals surface area contributed by atoms with Crippen LogP contribution in [0.15, 0.2) is 71.6 Å². The van der Waals surface area contributed by atoms with Crippen LogP contribution in [-0.2, 0) is 11.0 Å². The van der Waals surface area contributed by atoms with Crippen LogP contribution in [0.5, 0.6) is 0 Å². The van der Waals surface area contributed by atoms with E-state index in [4.69, 9.17) is 11.6 Å². The summed E-state index contributed by atoms with van der Waals surface area (Å²) in [5, 5.41) is 4.13. The fraction of sp³-hybridized carbons (Fsp3) is 0.130. The van der Waals surface area contributed by atoms with E-state index in [0.717, 1.165) is 23.9 Å². The number of carbonyl (C=O) groups excluding carboxylic acids is 2. The van der Waals surface area contributed by atoms with Crippen LogP contribution >= 0.6 is 23.4 Å². The monoisotopic (exact) mass is 496 g/mol. The lowest BCUT2D eigenvalue weighted by Gasteiger charge is -2.17. The molecule has 0 spiro atoms. The third-order valence-corrected chi connectivity index (χ3v) is 5.75. The number of rotatable bonds is 6. The first kappa shape index (κ1) is 24.6. The lowest BCUT2D eigenvalue weighted by molar-refractivity contribution is -0.137. The Morgan fingerprint density at radius 3 is 2.33 bits per heavy atom. The third-order valence-electron chi connectivity index (χ3n) is 4.43. The van der Waals surface area contributed by atoms with E-state index < -0.39 is 34.6 Å². The van der Waals surface area contributed by atoms with Gasteiger partial charge in [-0.3, -0.25) is 9.59 Å². The molecule has 1 atom stereocenters. The van der Waals surface area contributed by atoms with Crippen LogP contribution in [0, 0.1) is 5.82 Å². The van der Waals surface area contributed by atoms with Crippen molar-refractivity contribution in [3.63, 3.8) is 0 Å². The third kappa shape index (κ3) is 6.72. The number of hydrogen-bond donors (Lipinski definition) is 2. The minimum absolute atomic E-state index is 0.0951. The summed E-state index contributed by atoms with van der Waals surface area (Å²) in [6.07, 6.45) is -4.68. The summed E-state index contributed by atoms with van der Waals surface area (Å²) < 4.78 is 52.8. The summed E-state index contributed by atoms with van der Waals surface area (Å²) in [6.45, 7) is 1.55. The molecule has 0 aliphatic rings. The predicted molar refractivity (Wildman–Crippen MR) is 121 cm³/mol. The Bertz CT molecular complexity index is 1170. The average molecular weight is 497 g/mol. The van der Waals surface area contributed by atoms with E-state index in [1.54, 1.807) is 31.2 Å². The molecular weight excluding hydrogens is 480 g/mol. The smallest absolute Gasteiger partial charge is 0.325 e. The highest BCUT2D eigenvalue weighted by Crippen LogP contribution is 2.37. The van der Waals surface area contributed by atoms with Crippen LogP contribution in [0.2, 0.25) is 5.02 Å². The number of nitrogens with one attached hydrogen (secondary N) is 2. The number of carbonyl (C=O) groups is 2. The van der Waals surface area contributed by atoms with Gasteiger partial charge in [0.15, 0.2) is 0 Å². The molecule has 0 saturated heterocycles. The molecule has 4 nitrogen and oxygen atoms in total. The van der Waals surface area contributed by atoms with Gasteiger partial charge in [-0.15, -0.1) is 11.8 Å². The Balaban J connectivity index is 1.67. The van der Waals surface area contributed by atoms with Crippen molar-refractivity contribution in [3.05, 3.63) is 88.7 Å². The number of halogens is 5.